The molecule has 0 aliphatic heterocycles. The zero-order chi connectivity index (χ0) is 38.5. The largest absolute Gasteiger partial charge is 0.455 e. The van der Waals surface area contributed by atoms with Gasteiger partial charge in [0.1, 0.15) is 22.3 Å². The summed E-state index contributed by atoms with van der Waals surface area (Å²) < 4.78 is 13.6. The summed E-state index contributed by atoms with van der Waals surface area (Å²) in [7, 11) is 0. The van der Waals surface area contributed by atoms with E-state index in [9.17, 15) is 0 Å². The summed E-state index contributed by atoms with van der Waals surface area (Å²) >= 11 is 0. The van der Waals surface area contributed by atoms with Crippen LogP contribution in [0.2, 0.25) is 0 Å². The van der Waals surface area contributed by atoms with Crippen LogP contribution in [0.15, 0.2) is 197 Å². The molecule has 0 saturated carbocycles. The third-order valence-electron chi connectivity index (χ3n) is 12.5. The van der Waals surface area contributed by atoms with Crippen molar-refractivity contribution in [1.82, 2.24) is 0 Å². The fourth-order valence-corrected chi connectivity index (χ4v) is 9.62. The molecule has 0 saturated heterocycles. The average molecular weight is 744 g/mol. The zero-order valence-corrected chi connectivity index (χ0v) is 32.2. The maximum absolute atomic E-state index is 6.94. The minimum atomic E-state index is -0.129. The lowest BCUT2D eigenvalue weighted by Gasteiger charge is -2.28. The Bertz CT molecular complexity index is 3420. The minimum absolute atomic E-state index is 0.129. The molecule has 0 N–H and O–H groups in total. The number of rotatable bonds is 5. The molecule has 0 radical (unpaired) electrons. The van der Waals surface area contributed by atoms with Crippen molar-refractivity contribution in [3.05, 3.63) is 199 Å². The van der Waals surface area contributed by atoms with Crippen LogP contribution in [-0.2, 0) is 5.41 Å². The highest BCUT2D eigenvalue weighted by atomic mass is 16.3. The van der Waals surface area contributed by atoms with Gasteiger partial charge in [0.2, 0.25) is 0 Å². The first-order valence-electron chi connectivity index (χ1n) is 20.0. The Labute approximate surface area is 336 Å². The van der Waals surface area contributed by atoms with Crippen molar-refractivity contribution in [3.63, 3.8) is 0 Å². The van der Waals surface area contributed by atoms with Crippen LogP contribution in [0, 0.1) is 0 Å². The van der Waals surface area contributed by atoms with Crippen molar-refractivity contribution in [2.75, 3.05) is 4.90 Å². The number of fused-ring (bicyclic) bond motifs is 10. The van der Waals surface area contributed by atoms with Gasteiger partial charge in [0, 0.05) is 55.1 Å². The number of benzene rings is 9. The number of para-hydroxylation sites is 2. The van der Waals surface area contributed by atoms with Crippen LogP contribution in [0.1, 0.15) is 25.0 Å². The van der Waals surface area contributed by atoms with Crippen LogP contribution in [0.4, 0.5) is 17.1 Å². The summed E-state index contributed by atoms with van der Waals surface area (Å²) in [6.07, 6.45) is 0. The van der Waals surface area contributed by atoms with Crippen molar-refractivity contribution in [3.8, 4) is 33.4 Å². The smallest absolute Gasteiger partial charge is 0.144 e. The summed E-state index contributed by atoms with van der Waals surface area (Å²) in [5.41, 5.74) is 16.4. The molecule has 2 aromatic heterocycles. The van der Waals surface area contributed by atoms with E-state index in [1.54, 1.807) is 0 Å². The average Bonchev–Trinajstić information content (AvgIpc) is 3.91. The van der Waals surface area contributed by atoms with Gasteiger partial charge in [-0.15, -0.1) is 0 Å². The van der Waals surface area contributed by atoms with Crippen LogP contribution < -0.4 is 4.90 Å². The van der Waals surface area contributed by atoms with Crippen LogP contribution in [0.3, 0.4) is 0 Å². The standard InChI is InChI=1S/C55H37NO2/c1-55(2)48-21-10-8-17-41(48)42-29-27-39(33-49(42)55)56(37-25-23-35(24-26-37)34-13-4-3-5-14-34)38-28-30-51-46(32-38)47-31-36-15-6-7-16-40(36)52(54(47)58-51)45-20-12-19-44-43-18-9-11-22-50(43)57-53(44)45/h3-33H,1-2H3. The lowest BCUT2D eigenvalue weighted by Crippen LogP contribution is -2.16. The Kier molecular flexibility index (Phi) is 6.98. The molecule has 2 heterocycles. The summed E-state index contributed by atoms with van der Waals surface area (Å²) in [5, 5.41) is 6.63. The first-order chi connectivity index (χ1) is 28.5. The van der Waals surface area contributed by atoms with Gasteiger partial charge in [-0.25, -0.2) is 0 Å². The molecule has 0 atom stereocenters. The van der Waals surface area contributed by atoms with Gasteiger partial charge in [0.15, 0.2) is 0 Å². The fraction of sp³-hybridized carbons (Fsp3) is 0.0545. The second kappa shape index (κ2) is 12.3. The van der Waals surface area contributed by atoms with E-state index in [4.69, 9.17) is 8.83 Å². The molecule has 0 amide bonds. The summed E-state index contributed by atoms with van der Waals surface area (Å²) in [5.74, 6) is 0. The highest BCUT2D eigenvalue weighted by Gasteiger charge is 2.36. The second-order valence-corrected chi connectivity index (χ2v) is 16.1. The van der Waals surface area contributed by atoms with Gasteiger partial charge >= 0.3 is 0 Å². The molecule has 0 spiro atoms. The van der Waals surface area contributed by atoms with Crippen LogP contribution in [0.25, 0.3) is 88.0 Å². The van der Waals surface area contributed by atoms with Crippen molar-refractivity contribution in [2.24, 2.45) is 0 Å². The quantitative estimate of drug-likeness (QED) is 0.176. The molecule has 3 heteroatoms. The lowest BCUT2D eigenvalue weighted by molar-refractivity contribution is 0.660. The molecular weight excluding hydrogens is 707 g/mol. The maximum Gasteiger partial charge on any atom is 0.144 e. The van der Waals surface area contributed by atoms with Gasteiger partial charge in [-0.05, 0) is 98.8 Å². The molecule has 11 aromatic rings. The molecule has 0 fully saturated rings. The van der Waals surface area contributed by atoms with Gasteiger partial charge < -0.3 is 13.7 Å². The van der Waals surface area contributed by atoms with Gasteiger partial charge in [-0.2, -0.15) is 0 Å². The molecule has 0 bridgehead atoms. The van der Waals surface area contributed by atoms with E-state index in [1.165, 1.54) is 33.4 Å². The van der Waals surface area contributed by atoms with E-state index in [2.05, 4.69) is 195 Å². The monoisotopic (exact) mass is 743 g/mol. The van der Waals surface area contributed by atoms with Crippen LogP contribution in [-0.4, -0.2) is 0 Å². The van der Waals surface area contributed by atoms with Crippen molar-refractivity contribution < 1.29 is 8.83 Å². The number of furan rings is 2. The zero-order valence-electron chi connectivity index (χ0n) is 32.2. The molecule has 1 aliphatic carbocycles. The molecule has 12 rings (SSSR count). The van der Waals surface area contributed by atoms with Gasteiger partial charge in [-0.3, -0.25) is 0 Å². The van der Waals surface area contributed by atoms with Gasteiger partial charge in [0.25, 0.3) is 0 Å². The number of hydrogen-bond acceptors (Lipinski definition) is 3. The van der Waals surface area contributed by atoms with E-state index < -0.39 is 0 Å². The Hall–Kier alpha value is -7.36. The molecule has 274 valence electrons. The summed E-state index contributed by atoms with van der Waals surface area (Å²) in [4.78, 5) is 2.39. The Balaban J connectivity index is 1.08. The topological polar surface area (TPSA) is 29.5 Å². The Morgan fingerprint density at radius 2 is 1.00 bits per heavy atom. The molecular formula is C55H37NO2. The predicted octanol–water partition coefficient (Wildman–Crippen LogP) is 15.7. The molecule has 58 heavy (non-hydrogen) atoms. The molecule has 1 aliphatic rings. The van der Waals surface area contributed by atoms with Crippen LogP contribution in [0.5, 0.6) is 0 Å². The van der Waals surface area contributed by atoms with Crippen molar-refractivity contribution in [2.45, 2.75) is 19.3 Å². The Morgan fingerprint density at radius 1 is 0.379 bits per heavy atom. The summed E-state index contributed by atoms with van der Waals surface area (Å²) in [6.45, 7) is 4.69. The number of anilines is 3. The second-order valence-electron chi connectivity index (χ2n) is 16.1. The lowest BCUT2D eigenvalue weighted by atomic mass is 9.82. The van der Waals surface area contributed by atoms with E-state index in [0.29, 0.717) is 0 Å². The third-order valence-corrected chi connectivity index (χ3v) is 12.5. The Morgan fingerprint density at radius 3 is 1.88 bits per heavy atom. The van der Waals surface area contributed by atoms with Crippen molar-refractivity contribution in [1.29, 1.82) is 0 Å². The molecule has 3 nitrogen and oxygen atoms in total. The van der Waals surface area contributed by atoms with E-state index >= 15 is 0 Å². The fourth-order valence-electron chi connectivity index (χ4n) is 9.62. The first-order valence-corrected chi connectivity index (χ1v) is 20.0. The third kappa shape index (κ3) is 4.80. The molecule has 9 aromatic carbocycles. The maximum atomic E-state index is 6.94. The molecule has 0 unspecified atom stereocenters. The van der Waals surface area contributed by atoms with Crippen molar-refractivity contribution >= 4 is 71.7 Å². The number of hydrogen-bond donors (Lipinski definition) is 0. The normalized spacial score (nSPS) is 13.1. The first kappa shape index (κ1) is 32.8. The van der Waals surface area contributed by atoms with E-state index in [0.717, 1.165) is 82.8 Å². The van der Waals surface area contributed by atoms with E-state index in [-0.39, 0.29) is 5.41 Å². The highest BCUT2D eigenvalue weighted by molar-refractivity contribution is 6.22. The predicted molar refractivity (Wildman–Crippen MR) is 242 cm³/mol. The SMILES string of the molecule is CC1(C)c2ccccc2-c2ccc(N(c3ccc(-c4ccccc4)cc3)c3ccc4oc5c(-c6cccc7c6oc6ccccc67)c6ccccc6cc5c4c3)cc21. The minimum Gasteiger partial charge on any atom is -0.455 e. The van der Waals surface area contributed by atoms with Gasteiger partial charge in [-0.1, -0.05) is 147 Å². The van der Waals surface area contributed by atoms with Gasteiger partial charge in [0.05, 0.1) is 0 Å². The number of nitrogens with zero attached hydrogens (tertiary/aromatic N) is 1. The van der Waals surface area contributed by atoms with Crippen LogP contribution >= 0.6 is 0 Å². The highest BCUT2D eigenvalue weighted by Crippen LogP contribution is 2.51. The van der Waals surface area contributed by atoms with E-state index in [1.807, 2.05) is 12.1 Å². The summed E-state index contributed by atoms with van der Waals surface area (Å²) in [6, 6.07) is 67.6.